The van der Waals surface area contributed by atoms with E-state index in [0.29, 0.717) is 35.8 Å². The summed E-state index contributed by atoms with van der Waals surface area (Å²) in [6, 6.07) is 3.46. The summed E-state index contributed by atoms with van der Waals surface area (Å²) >= 11 is 1.40. The zero-order chi connectivity index (χ0) is 20.8. The Labute approximate surface area is 173 Å². The van der Waals surface area contributed by atoms with Crippen molar-refractivity contribution in [3.05, 3.63) is 49.8 Å². The fourth-order valence-corrected chi connectivity index (χ4v) is 4.75. The molecular formula is C21H26N4O3S. The highest BCUT2D eigenvalue weighted by molar-refractivity contribution is 7.12. The molecule has 2 aromatic heterocycles. The van der Waals surface area contributed by atoms with Crippen molar-refractivity contribution in [3.63, 3.8) is 0 Å². The van der Waals surface area contributed by atoms with Crippen molar-refractivity contribution < 1.29 is 9.59 Å². The van der Waals surface area contributed by atoms with Gasteiger partial charge < -0.3 is 14.8 Å². The van der Waals surface area contributed by atoms with E-state index in [9.17, 15) is 14.4 Å². The number of hydrogen-bond donors (Lipinski definition) is 1. The molecule has 2 aliphatic heterocycles. The molecule has 2 amide bonds. The Morgan fingerprint density at radius 3 is 2.76 bits per heavy atom. The van der Waals surface area contributed by atoms with Gasteiger partial charge in [-0.3, -0.25) is 14.4 Å². The van der Waals surface area contributed by atoms with Crippen molar-refractivity contribution in [2.24, 2.45) is 5.41 Å². The number of aromatic amines is 1. The number of amides is 2. The first-order valence-corrected chi connectivity index (χ1v) is 10.9. The molecule has 8 heteroatoms. The Bertz CT molecular complexity index is 990. The molecule has 2 aromatic rings. The summed E-state index contributed by atoms with van der Waals surface area (Å²) in [5, 5.41) is 1.87. The van der Waals surface area contributed by atoms with E-state index < -0.39 is 5.41 Å². The maximum Gasteiger partial charge on any atom is 0.264 e. The Hall–Kier alpha value is -2.48. The molecule has 0 spiro atoms. The first-order valence-electron chi connectivity index (χ1n) is 10.0. The molecule has 7 nitrogen and oxygen atoms in total. The van der Waals surface area contributed by atoms with Gasteiger partial charge in [0.15, 0.2) is 0 Å². The molecular weight excluding hydrogens is 388 g/mol. The van der Waals surface area contributed by atoms with Gasteiger partial charge in [-0.2, -0.15) is 0 Å². The van der Waals surface area contributed by atoms with E-state index in [0.717, 1.165) is 18.5 Å². The number of hydrogen-bond acceptors (Lipinski definition) is 5. The van der Waals surface area contributed by atoms with Crippen LogP contribution < -0.4 is 5.56 Å². The molecule has 1 fully saturated rings. The van der Waals surface area contributed by atoms with Crippen LogP contribution in [-0.4, -0.2) is 44.7 Å². The summed E-state index contributed by atoms with van der Waals surface area (Å²) in [6.45, 7) is 7.22. The number of H-pyrrole nitrogens is 1. The van der Waals surface area contributed by atoms with Crippen LogP contribution in [0.5, 0.6) is 0 Å². The molecule has 154 valence electrons. The second-order valence-corrected chi connectivity index (χ2v) is 9.68. The molecule has 0 saturated carbocycles. The molecule has 1 saturated heterocycles. The zero-order valence-corrected chi connectivity index (χ0v) is 17.8. The van der Waals surface area contributed by atoms with E-state index in [2.05, 4.69) is 4.98 Å². The molecule has 0 radical (unpaired) electrons. The Kier molecular flexibility index (Phi) is 5.06. The number of nitrogens with zero attached hydrogens (tertiary/aromatic N) is 3. The third-order valence-corrected chi connectivity index (χ3v) is 6.43. The summed E-state index contributed by atoms with van der Waals surface area (Å²) in [5.74, 6) is 0.599. The largest absolute Gasteiger partial charge is 0.333 e. The highest BCUT2D eigenvalue weighted by atomic mass is 32.1. The average Bonchev–Trinajstić information content (AvgIpc) is 3.37. The van der Waals surface area contributed by atoms with Crippen LogP contribution >= 0.6 is 11.3 Å². The third-order valence-electron chi connectivity index (χ3n) is 5.58. The van der Waals surface area contributed by atoms with Crippen LogP contribution in [0.1, 0.15) is 66.4 Å². The second-order valence-electron chi connectivity index (χ2n) is 8.74. The number of rotatable bonds is 2. The van der Waals surface area contributed by atoms with E-state index in [1.54, 1.807) is 11.0 Å². The van der Waals surface area contributed by atoms with Crippen molar-refractivity contribution in [2.75, 3.05) is 13.1 Å². The number of carbonyl (C=O) groups excluding carboxylic acids is 2. The van der Waals surface area contributed by atoms with Crippen molar-refractivity contribution >= 4 is 23.2 Å². The SMILES string of the molecule is CC(C)(C)C(=O)N1CCC[C@H]1c1nc2c(c(=O)[nH]1)CN(C(=O)c1cccs1)CC2. The Morgan fingerprint density at radius 2 is 2.07 bits per heavy atom. The van der Waals surface area contributed by atoms with E-state index >= 15 is 0 Å². The van der Waals surface area contributed by atoms with E-state index in [1.165, 1.54) is 11.3 Å². The smallest absolute Gasteiger partial charge is 0.264 e. The maximum absolute atomic E-state index is 12.8. The van der Waals surface area contributed by atoms with Crippen LogP contribution in [0.4, 0.5) is 0 Å². The Balaban J connectivity index is 1.59. The standard InChI is InChI=1S/C21H26N4O3S/c1-21(2,3)20(28)25-9-4-6-15(25)17-22-14-8-10-24(12-13(14)18(26)23-17)19(27)16-7-5-11-29-16/h5,7,11,15H,4,6,8-10,12H2,1-3H3,(H,22,23,26)/t15-/m0/s1. The van der Waals surface area contributed by atoms with Gasteiger partial charge in [-0.1, -0.05) is 26.8 Å². The lowest BCUT2D eigenvalue weighted by Gasteiger charge is -2.31. The maximum atomic E-state index is 12.8. The van der Waals surface area contributed by atoms with Crippen LogP contribution in [0.15, 0.2) is 22.3 Å². The monoisotopic (exact) mass is 414 g/mol. The molecule has 4 heterocycles. The highest BCUT2D eigenvalue weighted by Crippen LogP contribution is 2.34. The van der Waals surface area contributed by atoms with Crippen molar-refractivity contribution in [1.29, 1.82) is 0 Å². The predicted octanol–water partition coefficient (Wildman–Crippen LogP) is 2.74. The summed E-state index contributed by atoms with van der Waals surface area (Å²) in [6.07, 6.45) is 2.24. The topological polar surface area (TPSA) is 86.4 Å². The fourth-order valence-electron chi connectivity index (χ4n) is 4.06. The molecule has 0 bridgehead atoms. The quantitative estimate of drug-likeness (QED) is 0.819. The number of fused-ring (bicyclic) bond motifs is 1. The van der Waals surface area contributed by atoms with Gasteiger partial charge in [0, 0.05) is 24.9 Å². The van der Waals surface area contributed by atoms with Crippen LogP contribution in [0, 0.1) is 5.41 Å². The summed E-state index contributed by atoms with van der Waals surface area (Å²) in [5.41, 5.74) is 0.620. The molecule has 0 aromatic carbocycles. The molecule has 29 heavy (non-hydrogen) atoms. The number of aromatic nitrogens is 2. The van der Waals surface area contributed by atoms with Crippen LogP contribution in [0.3, 0.4) is 0 Å². The van der Waals surface area contributed by atoms with E-state index in [-0.39, 0.29) is 30.0 Å². The lowest BCUT2D eigenvalue weighted by Crippen LogP contribution is -2.42. The van der Waals surface area contributed by atoms with Gasteiger partial charge in [-0.15, -0.1) is 11.3 Å². The van der Waals surface area contributed by atoms with E-state index in [1.807, 2.05) is 37.1 Å². The Morgan fingerprint density at radius 1 is 1.28 bits per heavy atom. The zero-order valence-electron chi connectivity index (χ0n) is 17.0. The first-order chi connectivity index (χ1) is 13.8. The van der Waals surface area contributed by atoms with Crippen molar-refractivity contribution in [3.8, 4) is 0 Å². The van der Waals surface area contributed by atoms with Gasteiger partial charge in [0.2, 0.25) is 5.91 Å². The molecule has 2 aliphatic rings. The van der Waals surface area contributed by atoms with Gasteiger partial charge in [-0.05, 0) is 24.3 Å². The van der Waals surface area contributed by atoms with Gasteiger partial charge >= 0.3 is 0 Å². The lowest BCUT2D eigenvalue weighted by atomic mass is 9.94. The lowest BCUT2D eigenvalue weighted by molar-refractivity contribution is -0.140. The number of nitrogens with one attached hydrogen (secondary N) is 1. The molecule has 0 aliphatic carbocycles. The normalized spacial score (nSPS) is 19.3. The predicted molar refractivity (Wildman–Crippen MR) is 111 cm³/mol. The number of carbonyl (C=O) groups is 2. The fraction of sp³-hybridized carbons (Fsp3) is 0.524. The molecule has 4 rings (SSSR count). The third kappa shape index (κ3) is 3.73. The van der Waals surface area contributed by atoms with E-state index in [4.69, 9.17) is 4.98 Å². The molecule has 1 atom stereocenters. The minimum atomic E-state index is -0.472. The van der Waals surface area contributed by atoms with Gasteiger partial charge in [0.05, 0.1) is 28.7 Å². The average molecular weight is 415 g/mol. The minimum Gasteiger partial charge on any atom is -0.333 e. The van der Waals surface area contributed by atoms with Crippen molar-refractivity contribution in [2.45, 2.75) is 52.6 Å². The van der Waals surface area contributed by atoms with Crippen molar-refractivity contribution in [1.82, 2.24) is 19.8 Å². The van der Waals surface area contributed by atoms with Crippen LogP contribution in [0.25, 0.3) is 0 Å². The number of thiophene rings is 1. The summed E-state index contributed by atoms with van der Waals surface area (Å²) in [7, 11) is 0. The minimum absolute atomic E-state index is 0.0492. The number of likely N-dealkylation sites (tertiary alicyclic amines) is 1. The highest BCUT2D eigenvalue weighted by Gasteiger charge is 2.37. The molecule has 0 unspecified atom stereocenters. The van der Waals surface area contributed by atoms with Gasteiger partial charge in [0.1, 0.15) is 5.82 Å². The second kappa shape index (κ2) is 7.40. The van der Waals surface area contributed by atoms with Gasteiger partial charge in [0.25, 0.3) is 11.5 Å². The van der Waals surface area contributed by atoms with Crippen LogP contribution in [-0.2, 0) is 17.8 Å². The first kappa shape index (κ1) is 19.8. The van der Waals surface area contributed by atoms with Gasteiger partial charge in [-0.25, -0.2) is 4.98 Å². The summed E-state index contributed by atoms with van der Waals surface area (Å²) in [4.78, 5) is 50.2. The van der Waals surface area contributed by atoms with Crippen LogP contribution in [0.2, 0.25) is 0 Å². The molecule has 1 N–H and O–H groups in total. The summed E-state index contributed by atoms with van der Waals surface area (Å²) < 4.78 is 0.